The van der Waals surface area contributed by atoms with Crippen molar-refractivity contribution < 1.29 is 9.84 Å². The van der Waals surface area contributed by atoms with Crippen LogP contribution in [0.3, 0.4) is 0 Å². The van der Waals surface area contributed by atoms with Gasteiger partial charge in [0, 0.05) is 30.6 Å². The molecule has 3 nitrogen and oxygen atoms in total. The predicted molar refractivity (Wildman–Crippen MR) is 98.3 cm³/mol. The molecule has 0 radical (unpaired) electrons. The molecule has 24 heavy (non-hydrogen) atoms. The van der Waals surface area contributed by atoms with Gasteiger partial charge in [0.15, 0.2) is 0 Å². The number of hydrogen-bond donors (Lipinski definition) is 1. The topological polar surface area (TPSA) is 32.7 Å². The molecule has 134 valence electrons. The van der Waals surface area contributed by atoms with Crippen LogP contribution in [0.25, 0.3) is 0 Å². The van der Waals surface area contributed by atoms with E-state index in [0.29, 0.717) is 5.92 Å². The van der Waals surface area contributed by atoms with Gasteiger partial charge in [0.25, 0.3) is 0 Å². The van der Waals surface area contributed by atoms with E-state index >= 15 is 0 Å². The summed E-state index contributed by atoms with van der Waals surface area (Å²) in [5.74, 6) is 0.517. The number of nitrogens with zero attached hydrogens (tertiary/aromatic N) is 1. The van der Waals surface area contributed by atoms with Crippen molar-refractivity contribution in [1.29, 1.82) is 0 Å². The number of halogens is 1. The van der Waals surface area contributed by atoms with Crippen molar-refractivity contribution in [3.8, 4) is 0 Å². The van der Waals surface area contributed by atoms with Crippen molar-refractivity contribution in [3.05, 3.63) is 34.9 Å². The monoisotopic (exact) mass is 351 g/mol. The Bertz CT molecular complexity index is 509. The third kappa shape index (κ3) is 3.96. The van der Waals surface area contributed by atoms with Crippen molar-refractivity contribution in [2.75, 3.05) is 32.8 Å². The normalized spacial score (nSPS) is 24.5. The summed E-state index contributed by atoms with van der Waals surface area (Å²) in [5, 5.41) is 12.6. The van der Waals surface area contributed by atoms with Crippen LogP contribution in [-0.4, -0.2) is 42.9 Å². The molecule has 2 atom stereocenters. The van der Waals surface area contributed by atoms with Crippen molar-refractivity contribution in [3.63, 3.8) is 0 Å². The molecule has 1 N–H and O–H groups in total. The third-order valence-corrected chi connectivity index (χ3v) is 6.17. The van der Waals surface area contributed by atoms with E-state index in [-0.39, 0.29) is 5.92 Å². The molecule has 1 aliphatic carbocycles. The van der Waals surface area contributed by atoms with Gasteiger partial charge in [-0.3, -0.25) is 4.90 Å². The molecule has 1 saturated carbocycles. The molecule has 3 rings (SSSR count). The van der Waals surface area contributed by atoms with Crippen LogP contribution in [0.15, 0.2) is 24.3 Å². The smallest absolute Gasteiger partial charge is 0.0962 e. The molecule has 1 aliphatic heterocycles. The highest BCUT2D eigenvalue weighted by atomic mass is 35.5. The molecular weight excluding hydrogens is 322 g/mol. The fourth-order valence-electron chi connectivity index (χ4n) is 4.49. The second-order valence-corrected chi connectivity index (χ2v) is 7.92. The summed E-state index contributed by atoms with van der Waals surface area (Å²) in [4.78, 5) is 2.43. The first kappa shape index (κ1) is 18.2. The first-order chi connectivity index (χ1) is 11.6. The van der Waals surface area contributed by atoms with Crippen molar-refractivity contribution in [2.45, 2.75) is 44.6 Å². The summed E-state index contributed by atoms with van der Waals surface area (Å²) in [6.45, 7) is 6.65. The molecule has 0 bridgehead atoms. The Morgan fingerprint density at radius 1 is 1.17 bits per heavy atom. The SMILES string of the molecule is C[C@@H](CN1CCOCC1)[C@@](O)(c1ccc(Cl)cc1)C1CCCCC1. The molecule has 0 spiro atoms. The number of hydrogen-bond acceptors (Lipinski definition) is 3. The number of benzene rings is 1. The summed E-state index contributed by atoms with van der Waals surface area (Å²) in [6, 6.07) is 7.86. The molecule has 1 heterocycles. The van der Waals surface area contributed by atoms with E-state index in [4.69, 9.17) is 16.3 Å². The fraction of sp³-hybridized carbons (Fsp3) is 0.700. The Morgan fingerprint density at radius 2 is 1.79 bits per heavy atom. The minimum atomic E-state index is -0.774. The van der Waals surface area contributed by atoms with E-state index < -0.39 is 5.60 Å². The van der Waals surface area contributed by atoms with Crippen LogP contribution >= 0.6 is 11.6 Å². The minimum Gasteiger partial charge on any atom is -0.385 e. The zero-order valence-corrected chi connectivity index (χ0v) is 15.5. The second kappa shape index (κ2) is 8.18. The summed E-state index contributed by atoms with van der Waals surface area (Å²) in [7, 11) is 0. The summed E-state index contributed by atoms with van der Waals surface area (Å²) >= 11 is 6.08. The third-order valence-electron chi connectivity index (χ3n) is 5.92. The molecule has 2 fully saturated rings. The highest BCUT2D eigenvalue weighted by Crippen LogP contribution is 2.44. The van der Waals surface area contributed by atoms with Gasteiger partial charge < -0.3 is 9.84 Å². The number of aliphatic hydroxyl groups is 1. The Labute approximate surface area is 150 Å². The summed E-state index contributed by atoms with van der Waals surface area (Å²) < 4.78 is 5.46. The van der Waals surface area contributed by atoms with E-state index in [1.807, 2.05) is 24.3 Å². The van der Waals surface area contributed by atoms with Gasteiger partial charge in [-0.1, -0.05) is 49.9 Å². The molecule has 1 aromatic carbocycles. The second-order valence-electron chi connectivity index (χ2n) is 7.48. The lowest BCUT2D eigenvalue weighted by atomic mass is 9.67. The molecule has 0 unspecified atom stereocenters. The standard InChI is InChI=1S/C20H30ClNO2/c1-16(15-22-11-13-24-14-12-22)20(23,17-5-3-2-4-6-17)18-7-9-19(21)10-8-18/h7-10,16-17,23H,2-6,11-15H2,1H3/t16-,20-/m0/s1. The van der Waals surface area contributed by atoms with Crippen LogP contribution in [0.2, 0.25) is 5.02 Å². The Kier molecular flexibility index (Phi) is 6.20. The van der Waals surface area contributed by atoms with Crippen LogP contribution in [0, 0.1) is 11.8 Å². The molecule has 1 aromatic rings. The first-order valence-corrected chi connectivity index (χ1v) is 9.77. The fourth-order valence-corrected chi connectivity index (χ4v) is 4.62. The Balaban J connectivity index is 1.83. The molecular formula is C20H30ClNO2. The first-order valence-electron chi connectivity index (χ1n) is 9.39. The van der Waals surface area contributed by atoms with Crippen molar-refractivity contribution in [2.24, 2.45) is 11.8 Å². The quantitative estimate of drug-likeness (QED) is 0.867. The van der Waals surface area contributed by atoms with Crippen LogP contribution in [0.5, 0.6) is 0 Å². The van der Waals surface area contributed by atoms with Gasteiger partial charge in [-0.05, 0) is 36.5 Å². The van der Waals surface area contributed by atoms with Gasteiger partial charge in [-0.2, -0.15) is 0 Å². The Morgan fingerprint density at radius 3 is 2.42 bits per heavy atom. The molecule has 2 aliphatic rings. The molecule has 0 amide bonds. The zero-order valence-electron chi connectivity index (χ0n) is 14.7. The summed E-state index contributed by atoms with van der Waals surface area (Å²) in [6.07, 6.45) is 5.99. The summed E-state index contributed by atoms with van der Waals surface area (Å²) in [5.41, 5.74) is 0.253. The van der Waals surface area contributed by atoms with E-state index in [1.54, 1.807) is 0 Å². The van der Waals surface area contributed by atoms with E-state index in [2.05, 4.69) is 11.8 Å². The lowest BCUT2D eigenvalue weighted by molar-refractivity contribution is -0.0961. The largest absolute Gasteiger partial charge is 0.385 e. The predicted octanol–water partition coefficient (Wildman–Crippen LogP) is 4.08. The van der Waals surface area contributed by atoms with Crippen molar-refractivity contribution in [1.82, 2.24) is 4.90 Å². The van der Waals surface area contributed by atoms with Gasteiger partial charge in [0.2, 0.25) is 0 Å². The number of ether oxygens (including phenoxy) is 1. The van der Waals surface area contributed by atoms with E-state index in [0.717, 1.165) is 56.3 Å². The van der Waals surface area contributed by atoms with Gasteiger partial charge >= 0.3 is 0 Å². The van der Waals surface area contributed by atoms with Crippen LogP contribution in [0.4, 0.5) is 0 Å². The van der Waals surface area contributed by atoms with E-state index in [9.17, 15) is 5.11 Å². The highest BCUT2D eigenvalue weighted by Gasteiger charge is 2.43. The maximum absolute atomic E-state index is 11.9. The molecule has 1 saturated heterocycles. The lowest BCUT2D eigenvalue weighted by Gasteiger charge is -2.45. The Hall–Kier alpha value is -0.610. The number of rotatable bonds is 5. The van der Waals surface area contributed by atoms with Gasteiger partial charge in [0.05, 0.1) is 18.8 Å². The van der Waals surface area contributed by atoms with Crippen LogP contribution in [0.1, 0.15) is 44.6 Å². The van der Waals surface area contributed by atoms with Crippen molar-refractivity contribution >= 4 is 11.6 Å². The number of morpholine rings is 1. The molecule has 0 aromatic heterocycles. The molecule has 4 heteroatoms. The maximum Gasteiger partial charge on any atom is 0.0962 e. The average Bonchev–Trinajstić information content (AvgIpc) is 2.63. The lowest BCUT2D eigenvalue weighted by Crippen LogP contribution is -2.48. The van der Waals surface area contributed by atoms with Gasteiger partial charge in [-0.15, -0.1) is 0 Å². The maximum atomic E-state index is 11.9. The minimum absolute atomic E-state index is 0.180. The average molecular weight is 352 g/mol. The van der Waals surface area contributed by atoms with Crippen LogP contribution in [-0.2, 0) is 10.3 Å². The van der Waals surface area contributed by atoms with Gasteiger partial charge in [-0.25, -0.2) is 0 Å². The van der Waals surface area contributed by atoms with Gasteiger partial charge in [0.1, 0.15) is 0 Å². The van der Waals surface area contributed by atoms with E-state index in [1.165, 1.54) is 19.3 Å². The van der Waals surface area contributed by atoms with Crippen LogP contribution < -0.4 is 0 Å². The zero-order chi connectivity index (χ0) is 17.0. The highest BCUT2D eigenvalue weighted by molar-refractivity contribution is 6.30.